The van der Waals surface area contributed by atoms with Crippen molar-refractivity contribution >= 4 is 40.9 Å². The zero-order valence-corrected chi connectivity index (χ0v) is 19.6. The maximum atomic E-state index is 13.1. The molecule has 2 aromatic carbocycles. The molecule has 2 N–H and O–H groups in total. The molecule has 0 fully saturated rings. The molecule has 0 unspecified atom stereocenters. The van der Waals surface area contributed by atoms with Crippen LogP contribution >= 0.6 is 23.4 Å². The first kappa shape index (κ1) is 22.6. The third-order valence-corrected chi connectivity index (χ3v) is 7.08. The molecule has 1 atom stereocenters. The zero-order valence-electron chi connectivity index (χ0n) is 18.0. The van der Waals surface area contributed by atoms with Crippen LogP contribution in [0.4, 0.5) is 5.69 Å². The first-order chi connectivity index (χ1) is 15.5. The highest BCUT2D eigenvalue weighted by Gasteiger charge is 2.25. The normalized spacial score (nSPS) is 17.8. The number of hydrogen-bond acceptors (Lipinski definition) is 5. The van der Waals surface area contributed by atoms with Crippen LogP contribution in [0.5, 0.6) is 5.75 Å². The van der Waals surface area contributed by atoms with Gasteiger partial charge in [-0.3, -0.25) is 9.59 Å². The van der Waals surface area contributed by atoms with Crippen LogP contribution in [0.25, 0.3) is 0 Å². The largest absolute Gasteiger partial charge is 0.496 e. The van der Waals surface area contributed by atoms with E-state index in [0.29, 0.717) is 40.0 Å². The number of methoxy groups -OCH3 is 1. The van der Waals surface area contributed by atoms with Crippen LogP contribution in [0.2, 0.25) is 5.02 Å². The molecule has 0 saturated carbocycles. The van der Waals surface area contributed by atoms with Crippen molar-refractivity contribution in [3.05, 3.63) is 68.8 Å². The van der Waals surface area contributed by atoms with E-state index < -0.39 is 0 Å². The highest BCUT2D eigenvalue weighted by Crippen LogP contribution is 2.35. The van der Waals surface area contributed by atoms with E-state index in [0.717, 1.165) is 24.8 Å². The van der Waals surface area contributed by atoms with Crippen molar-refractivity contribution in [3.63, 3.8) is 0 Å². The monoisotopic (exact) mass is 472 g/mol. The Kier molecular flexibility index (Phi) is 6.96. The van der Waals surface area contributed by atoms with Crippen molar-refractivity contribution in [1.82, 2.24) is 5.32 Å². The molecule has 0 aromatic heterocycles. The quantitative estimate of drug-likeness (QED) is 0.633. The van der Waals surface area contributed by atoms with Crippen molar-refractivity contribution in [1.29, 1.82) is 0 Å². The SMILES string of the molecule is COc1cc(NC(=O)C2=C(C)OCCS2)c(Cl)cc1C(=O)N[C@H]1CCCc2ccccc21. The topological polar surface area (TPSA) is 76.7 Å². The molecule has 2 aromatic rings. The van der Waals surface area contributed by atoms with Crippen molar-refractivity contribution in [3.8, 4) is 5.75 Å². The van der Waals surface area contributed by atoms with Crippen LogP contribution in [0.1, 0.15) is 47.3 Å². The average molecular weight is 473 g/mol. The molecule has 32 heavy (non-hydrogen) atoms. The number of rotatable bonds is 5. The fourth-order valence-corrected chi connectivity index (χ4v) is 5.07. The molecule has 0 bridgehead atoms. The summed E-state index contributed by atoms with van der Waals surface area (Å²) in [6, 6.07) is 11.2. The number of nitrogens with one attached hydrogen (secondary N) is 2. The minimum Gasteiger partial charge on any atom is -0.496 e. The van der Waals surface area contributed by atoms with Crippen molar-refractivity contribution in [2.45, 2.75) is 32.2 Å². The molecule has 8 heteroatoms. The highest BCUT2D eigenvalue weighted by atomic mass is 35.5. The lowest BCUT2D eigenvalue weighted by atomic mass is 9.87. The van der Waals surface area contributed by atoms with Crippen molar-refractivity contribution in [2.24, 2.45) is 0 Å². The molecule has 0 saturated heterocycles. The number of benzene rings is 2. The second-order valence-corrected chi connectivity index (χ2v) is 9.20. The number of fused-ring (bicyclic) bond motifs is 1. The number of amides is 2. The molecular formula is C24H25ClN2O4S. The Morgan fingerprint density at radius 3 is 2.81 bits per heavy atom. The standard InChI is InChI=1S/C24H25ClN2O4S/c1-14-22(32-11-10-31-14)24(29)27-20-13-21(30-2)17(12-18(20)25)23(28)26-19-9-5-7-15-6-3-4-8-16(15)19/h3-4,6,8,12-13,19H,5,7,9-11H2,1-2H3,(H,26,28)(H,27,29)/t19-/m0/s1. The van der Waals surface area contributed by atoms with E-state index in [1.54, 1.807) is 13.0 Å². The van der Waals surface area contributed by atoms with Gasteiger partial charge >= 0.3 is 0 Å². The lowest BCUT2D eigenvalue weighted by Gasteiger charge is -2.26. The second kappa shape index (κ2) is 9.88. The second-order valence-electron chi connectivity index (χ2n) is 7.69. The van der Waals surface area contributed by atoms with Crippen LogP contribution < -0.4 is 15.4 Å². The Balaban J connectivity index is 1.55. The van der Waals surface area contributed by atoms with Crippen LogP contribution in [-0.2, 0) is 16.0 Å². The van der Waals surface area contributed by atoms with E-state index in [9.17, 15) is 9.59 Å². The number of allylic oxidation sites excluding steroid dienone is 1. The van der Waals surface area contributed by atoms with E-state index in [2.05, 4.69) is 22.8 Å². The summed E-state index contributed by atoms with van der Waals surface area (Å²) in [7, 11) is 1.49. The van der Waals surface area contributed by atoms with E-state index in [-0.39, 0.29) is 22.9 Å². The zero-order chi connectivity index (χ0) is 22.7. The molecule has 1 aliphatic carbocycles. The lowest BCUT2D eigenvalue weighted by molar-refractivity contribution is -0.112. The predicted molar refractivity (Wildman–Crippen MR) is 127 cm³/mol. The van der Waals surface area contributed by atoms with Gasteiger partial charge in [0.05, 0.1) is 36.0 Å². The van der Waals surface area contributed by atoms with Gasteiger partial charge in [-0.1, -0.05) is 35.9 Å². The number of halogens is 1. The van der Waals surface area contributed by atoms with Gasteiger partial charge in [0, 0.05) is 11.8 Å². The number of thioether (sulfide) groups is 1. The van der Waals surface area contributed by atoms with Gasteiger partial charge in [0.25, 0.3) is 11.8 Å². The summed E-state index contributed by atoms with van der Waals surface area (Å²) in [5.41, 5.74) is 3.11. The lowest BCUT2D eigenvalue weighted by Crippen LogP contribution is -2.31. The molecular weight excluding hydrogens is 448 g/mol. The molecule has 6 nitrogen and oxygen atoms in total. The molecule has 2 amide bonds. The number of aryl methyl sites for hydroxylation is 1. The summed E-state index contributed by atoms with van der Waals surface area (Å²) in [5, 5.41) is 6.18. The summed E-state index contributed by atoms with van der Waals surface area (Å²) >= 11 is 7.88. The number of carbonyl (C=O) groups is 2. The first-order valence-electron chi connectivity index (χ1n) is 10.5. The van der Waals surface area contributed by atoms with Gasteiger partial charge in [-0.25, -0.2) is 0 Å². The number of anilines is 1. The van der Waals surface area contributed by atoms with Gasteiger partial charge in [-0.15, -0.1) is 11.8 Å². The van der Waals surface area contributed by atoms with E-state index in [1.165, 1.54) is 30.5 Å². The Morgan fingerprint density at radius 1 is 1.22 bits per heavy atom. The molecule has 4 rings (SSSR count). The number of carbonyl (C=O) groups excluding carboxylic acids is 2. The van der Waals surface area contributed by atoms with Crippen LogP contribution in [0.3, 0.4) is 0 Å². The number of hydrogen-bond donors (Lipinski definition) is 2. The Labute approximate surface area is 196 Å². The van der Waals surface area contributed by atoms with Gasteiger partial charge in [0.2, 0.25) is 0 Å². The summed E-state index contributed by atoms with van der Waals surface area (Å²) in [4.78, 5) is 26.3. The van der Waals surface area contributed by atoms with E-state index in [4.69, 9.17) is 21.1 Å². The van der Waals surface area contributed by atoms with Crippen molar-refractivity contribution < 1.29 is 19.1 Å². The molecule has 168 valence electrons. The van der Waals surface area contributed by atoms with Crippen LogP contribution in [-0.4, -0.2) is 31.3 Å². The fraction of sp³-hybridized carbons (Fsp3) is 0.333. The summed E-state index contributed by atoms with van der Waals surface area (Å²) in [6.45, 7) is 2.34. The van der Waals surface area contributed by atoms with Gasteiger partial charge in [0.15, 0.2) is 0 Å². The van der Waals surface area contributed by atoms with Gasteiger partial charge < -0.3 is 20.1 Å². The Hall–Kier alpha value is -2.64. The molecule has 0 radical (unpaired) electrons. The fourth-order valence-electron chi connectivity index (χ4n) is 4.05. The third-order valence-electron chi connectivity index (χ3n) is 5.63. The predicted octanol–water partition coefficient (Wildman–Crippen LogP) is 5.09. The summed E-state index contributed by atoms with van der Waals surface area (Å²) in [6.07, 6.45) is 2.91. The third kappa shape index (κ3) is 4.74. The van der Waals surface area contributed by atoms with E-state index >= 15 is 0 Å². The van der Waals surface area contributed by atoms with Crippen LogP contribution in [0, 0.1) is 0 Å². The highest BCUT2D eigenvalue weighted by molar-refractivity contribution is 8.04. The minimum absolute atomic E-state index is 0.0615. The Morgan fingerprint density at radius 2 is 2.03 bits per heavy atom. The van der Waals surface area contributed by atoms with Gasteiger partial charge in [0.1, 0.15) is 16.4 Å². The minimum atomic E-state index is -0.299. The molecule has 2 aliphatic rings. The average Bonchev–Trinajstić information content (AvgIpc) is 2.80. The molecule has 1 aliphatic heterocycles. The number of ether oxygens (including phenoxy) is 2. The maximum Gasteiger partial charge on any atom is 0.265 e. The molecule has 1 heterocycles. The first-order valence-corrected chi connectivity index (χ1v) is 11.9. The van der Waals surface area contributed by atoms with Crippen molar-refractivity contribution in [2.75, 3.05) is 24.8 Å². The molecule has 0 spiro atoms. The van der Waals surface area contributed by atoms with Gasteiger partial charge in [-0.2, -0.15) is 0 Å². The Bertz CT molecular complexity index is 1090. The summed E-state index contributed by atoms with van der Waals surface area (Å²) < 4.78 is 10.9. The van der Waals surface area contributed by atoms with Gasteiger partial charge in [-0.05, 0) is 43.4 Å². The van der Waals surface area contributed by atoms with E-state index in [1.807, 2.05) is 12.1 Å². The smallest absolute Gasteiger partial charge is 0.265 e. The van der Waals surface area contributed by atoms with Crippen LogP contribution in [0.15, 0.2) is 47.1 Å². The maximum absolute atomic E-state index is 13.1. The summed E-state index contributed by atoms with van der Waals surface area (Å²) in [5.74, 6) is 1.07.